The van der Waals surface area contributed by atoms with E-state index in [1.54, 1.807) is 11.3 Å². The number of hydrogen-bond donors (Lipinski definition) is 1. The highest BCUT2D eigenvalue weighted by Crippen LogP contribution is 2.26. The molecule has 0 radical (unpaired) electrons. The van der Waals surface area contributed by atoms with Gasteiger partial charge < -0.3 is 15.0 Å². The van der Waals surface area contributed by atoms with Crippen LogP contribution in [0.2, 0.25) is 0 Å². The third-order valence-corrected chi connectivity index (χ3v) is 3.10. The number of nitrogens with one attached hydrogen (secondary N) is 1. The lowest BCUT2D eigenvalue weighted by Gasteiger charge is -2.25. The lowest BCUT2D eigenvalue weighted by molar-refractivity contribution is 0.122. The van der Waals surface area contributed by atoms with Crippen LogP contribution in [-0.2, 0) is 4.74 Å². The number of nitrogens with zero attached hydrogens (tertiary/aromatic N) is 2. The van der Waals surface area contributed by atoms with Gasteiger partial charge in [-0.1, -0.05) is 11.3 Å². The molecule has 72 valence electrons. The van der Waals surface area contributed by atoms with Crippen molar-refractivity contribution in [1.82, 2.24) is 4.98 Å². The van der Waals surface area contributed by atoms with Crippen LogP contribution in [0.1, 0.15) is 0 Å². The standard InChI is InChI=1S/C8H13N3OS/c1-9-7-6-10-8(13-7)11-2-4-12-5-3-11/h6,9H,2-5H2,1H3. The van der Waals surface area contributed by atoms with Gasteiger partial charge in [0.15, 0.2) is 5.13 Å². The van der Waals surface area contributed by atoms with Gasteiger partial charge in [0.25, 0.3) is 0 Å². The molecule has 0 bridgehead atoms. The van der Waals surface area contributed by atoms with E-state index >= 15 is 0 Å². The largest absolute Gasteiger partial charge is 0.379 e. The van der Waals surface area contributed by atoms with Crippen molar-refractivity contribution in [3.8, 4) is 0 Å². The molecule has 1 aliphatic rings. The molecule has 2 heterocycles. The van der Waals surface area contributed by atoms with Gasteiger partial charge in [-0.2, -0.15) is 0 Å². The van der Waals surface area contributed by atoms with Crippen molar-refractivity contribution < 1.29 is 4.74 Å². The zero-order valence-corrected chi connectivity index (χ0v) is 8.43. The number of aromatic nitrogens is 1. The van der Waals surface area contributed by atoms with Gasteiger partial charge in [0.1, 0.15) is 5.00 Å². The van der Waals surface area contributed by atoms with Gasteiger partial charge in [-0.3, -0.25) is 0 Å². The molecule has 0 amide bonds. The molecule has 1 N–H and O–H groups in total. The molecule has 0 aromatic carbocycles. The van der Waals surface area contributed by atoms with Crippen molar-refractivity contribution in [1.29, 1.82) is 0 Å². The molecule has 1 aliphatic heterocycles. The van der Waals surface area contributed by atoms with E-state index in [-0.39, 0.29) is 0 Å². The fraction of sp³-hybridized carbons (Fsp3) is 0.625. The van der Waals surface area contributed by atoms with Crippen molar-refractivity contribution in [2.45, 2.75) is 0 Å². The summed E-state index contributed by atoms with van der Waals surface area (Å²) in [6.45, 7) is 3.54. The predicted molar refractivity (Wildman–Crippen MR) is 54.7 cm³/mol. The Kier molecular flexibility index (Phi) is 2.65. The average molecular weight is 199 g/mol. The molecule has 1 saturated heterocycles. The summed E-state index contributed by atoms with van der Waals surface area (Å²) in [5, 5.41) is 5.29. The third kappa shape index (κ3) is 1.92. The van der Waals surface area contributed by atoms with Crippen LogP contribution in [0, 0.1) is 0 Å². The van der Waals surface area contributed by atoms with Crippen LogP contribution in [0.5, 0.6) is 0 Å². The van der Waals surface area contributed by atoms with E-state index in [2.05, 4.69) is 15.2 Å². The normalized spacial score (nSPS) is 17.5. The van der Waals surface area contributed by atoms with Crippen LogP contribution in [0.4, 0.5) is 10.1 Å². The fourth-order valence-electron chi connectivity index (χ4n) is 1.28. The van der Waals surface area contributed by atoms with E-state index in [9.17, 15) is 0 Å². The second kappa shape index (κ2) is 3.93. The summed E-state index contributed by atoms with van der Waals surface area (Å²) >= 11 is 1.69. The number of anilines is 2. The first-order chi connectivity index (χ1) is 6.40. The van der Waals surface area contributed by atoms with E-state index in [1.165, 1.54) is 0 Å². The maximum Gasteiger partial charge on any atom is 0.187 e. The second-order valence-corrected chi connectivity index (χ2v) is 3.87. The molecule has 0 aliphatic carbocycles. The molecular weight excluding hydrogens is 186 g/mol. The lowest BCUT2D eigenvalue weighted by atomic mass is 10.5. The molecule has 2 rings (SSSR count). The van der Waals surface area contributed by atoms with Gasteiger partial charge in [-0.05, 0) is 0 Å². The van der Waals surface area contributed by atoms with E-state index < -0.39 is 0 Å². The fourth-order valence-corrected chi connectivity index (χ4v) is 2.10. The maximum atomic E-state index is 5.27. The Morgan fingerprint density at radius 2 is 2.31 bits per heavy atom. The summed E-state index contributed by atoms with van der Waals surface area (Å²) in [6.07, 6.45) is 1.87. The topological polar surface area (TPSA) is 37.4 Å². The Morgan fingerprint density at radius 1 is 1.54 bits per heavy atom. The molecule has 1 fully saturated rings. The minimum absolute atomic E-state index is 0.814. The Balaban J connectivity index is 2.05. The van der Waals surface area contributed by atoms with Crippen LogP contribution >= 0.6 is 11.3 Å². The summed E-state index contributed by atoms with van der Waals surface area (Å²) in [4.78, 5) is 6.60. The van der Waals surface area contributed by atoms with Gasteiger partial charge >= 0.3 is 0 Å². The van der Waals surface area contributed by atoms with Crippen molar-refractivity contribution in [3.63, 3.8) is 0 Å². The summed E-state index contributed by atoms with van der Waals surface area (Å²) < 4.78 is 5.27. The average Bonchev–Trinajstić information content (AvgIpc) is 2.67. The summed E-state index contributed by atoms with van der Waals surface area (Å²) in [5.74, 6) is 0. The van der Waals surface area contributed by atoms with Crippen molar-refractivity contribution in [2.24, 2.45) is 0 Å². The van der Waals surface area contributed by atoms with Gasteiger partial charge in [0.2, 0.25) is 0 Å². The maximum absolute atomic E-state index is 5.27. The summed E-state index contributed by atoms with van der Waals surface area (Å²) in [7, 11) is 1.91. The Morgan fingerprint density at radius 3 is 2.92 bits per heavy atom. The zero-order valence-electron chi connectivity index (χ0n) is 7.62. The summed E-state index contributed by atoms with van der Waals surface area (Å²) in [5.41, 5.74) is 0. The molecule has 0 saturated carbocycles. The third-order valence-electron chi connectivity index (χ3n) is 2.02. The van der Waals surface area contributed by atoms with Crippen molar-refractivity contribution in [3.05, 3.63) is 6.20 Å². The van der Waals surface area contributed by atoms with Gasteiger partial charge in [0, 0.05) is 20.1 Å². The molecular formula is C8H13N3OS. The Labute approximate surface area is 81.5 Å². The van der Waals surface area contributed by atoms with Crippen LogP contribution in [0.15, 0.2) is 6.20 Å². The highest BCUT2D eigenvalue weighted by Gasteiger charge is 2.13. The molecule has 1 aromatic rings. The highest BCUT2D eigenvalue weighted by atomic mass is 32.1. The van der Waals surface area contributed by atoms with E-state index in [1.807, 2.05) is 13.2 Å². The number of thiazole rings is 1. The van der Waals surface area contributed by atoms with Gasteiger partial charge in [-0.15, -0.1) is 0 Å². The zero-order chi connectivity index (χ0) is 9.10. The molecule has 4 nitrogen and oxygen atoms in total. The van der Waals surface area contributed by atoms with Crippen LogP contribution < -0.4 is 10.2 Å². The van der Waals surface area contributed by atoms with Gasteiger partial charge in [-0.25, -0.2) is 4.98 Å². The molecule has 0 unspecified atom stereocenters. The minimum Gasteiger partial charge on any atom is -0.379 e. The van der Waals surface area contributed by atoms with E-state index in [0.29, 0.717) is 0 Å². The lowest BCUT2D eigenvalue weighted by Crippen LogP contribution is -2.36. The van der Waals surface area contributed by atoms with Gasteiger partial charge in [0.05, 0.1) is 19.4 Å². The van der Waals surface area contributed by atoms with E-state index in [0.717, 1.165) is 36.4 Å². The number of morpholine rings is 1. The van der Waals surface area contributed by atoms with Crippen LogP contribution in [-0.4, -0.2) is 38.3 Å². The Bertz CT molecular complexity index is 270. The molecule has 13 heavy (non-hydrogen) atoms. The molecule has 1 aromatic heterocycles. The quantitative estimate of drug-likeness (QED) is 0.771. The molecule has 0 atom stereocenters. The summed E-state index contributed by atoms with van der Waals surface area (Å²) in [6, 6.07) is 0. The van der Waals surface area contributed by atoms with E-state index in [4.69, 9.17) is 4.74 Å². The van der Waals surface area contributed by atoms with Crippen LogP contribution in [0.25, 0.3) is 0 Å². The highest BCUT2D eigenvalue weighted by molar-refractivity contribution is 7.19. The first kappa shape index (κ1) is 8.77. The predicted octanol–water partition coefficient (Wildman–Crippen LogP) is 1.02. The Hall–Kier alpha value is -0.810. The number of ether oxygens (including phenoxy) is 1. The number of rotatable bonds is 2. The molecule has 0 spiro atoms. The van der Waals surface area contributed by atoms with Crippen molar-refractivity contribution in [2.75, 3.05) is 43.6 Å². The first-order valence-corrected chi connectivity index (χ1v) is 5.18. The SMILES string of the molecule is CNc1cnc(N2CCOCC2)s1. The smallest absolute Gasteiger partial charge is 0.187 e. The minimum atomic E-state index is 0.814. The second-order valence-electron chi connectivity index (χ2n) is 2.86. The first-order valence-electron chi connectivity index (χ1n) is 4.36. The monoisotopic (exact) mass is 199 g/mol. The molecule has 5 heteroatoms. The van der Waals surface area contributed by atoms with Crippen molar-refractivity contribution >= 4 is 21.5 Å². The number of hydrogen-bond acceptors (Lipinski definition) is 5. The van der Waals surface area contributed by atoms with Crippen LogP contribution in [0.3, 0.4) is 0 Å².